The van der Waals surface area contributed by atoms with Gasteiger partial charge < -0.3 is 16.4 Å². The first-order valence-corrected chi connectivity index (χ1v) is 6.39. The van der Waals surface area contributed by atoms with Crippen molar-refractivity contribution in [1.29, 1.82) is 0 Å². The molecule has 0 amide bonds. The van der Waals surface area contributed by atoms with Gasteiger partial charge in [0.05, 0.1) is 24.5 Å². The van der Waals surface area contributed by atoms with Crippen LogP contribution in [0.5, 0.6) is 0 Å². The summed E-state index contributed by atoms with van der Waals surface area (Å²) in [7, 11) is 0. The molecule has 0 spiro atoms. The van der Waals surface area contributed by atoms with E-state index in [9.17, 15) is 0 Å². The maximum absolute atomic E-state index is 5.59. The Labute approximate surface area is 103 Å². The smallest absolute Gasteiger partial charge is 0.180 e. The average Bonchev–Trinajstić information content (AvgIpc) is 2.82. The zero-order valence-corrected chi connectivity index (χ0v) is 10.1. The van der Waals surface area contributed by atoms with E-state index < -0.39 is 0 Å². The van der Waals surface area contributed by atoms with Crippen molar-refractivity contribution < 1.29 is 0 Å². The second kappa shape index (κ2) is 4.34. The Hall–Kier alpha value is -1.60. The van der Waals surface area contributed by atoms with E-state index in [1.807, 2.05) is 22.3 Å². The molecule has 1 saturated heterocycles. The van der Waals surface area contributed by atoms with Gasteiger partial charge in [-0.25, -0.2) is 9.67 Å². The van der Waals surface area contributed by atoms with Crippen molar-refractivity contribution >= 4 is 22.3 Å². The molecule has 90 valence electrons. The van der Waals surface area contributed by atoms with Crippen LogP contribution in [0.1, 0.15) is 11.7 Å². The number of aromatic nitrogens is 3. The van der Waals surface area contributed by atoms with Crippen LogP contribution in [-0.2, 0) is 6.54 Å². The minimum absolute atomic E-state index is 0.466. The van der Waals surface area contributed by atoms with Crippen LogP contribution in [0.15, 0.2) is 17.6 Å². The standard InChI is InChI=1S/C10H14N6S/c11-10-15-7(6-17-10)3-13-9-1-2-14-16(9)8-4-12-5-8/h1-2,6,8,12-13H,3-5H2,(H2,11,15). The van der Waals surface area contributed by atoms with E-state index in [-0.39, 0.29) is 0 Å². The zero-order chi connectivity index (χ0) is 11.7. The molecule has 17 heavy (non-hydrogen) atoms. The van der Waals surface area contributed by atoms with Crippen LogP contribution >= 0.6 is 11.3 Å². The van der Waals surface area contributed by atoms with Crippen molar-refractivity contribution in [1.82, 2.24) is 20.1 Å². The zero-order valence-electron chi connectivity index (χ0n) is 9.26. The van der Waals surface area contributed by atoms with Crippen LogP contribution < -0.4 is 16.4 Å². The van der Waals surface area contributed by atoms with Crippen molar-refractivity contribution in [2.75, 3.05) is 24.1 Å². The molecule has 0 aliphatic carbocycles. The number of nitrogens with one attached hydrogen (secondary N) is 2. The number of hydrogen-bond donors (Lipinski definition) is 3. The Morgan fingerprint density at radius 3 is 3.12 bits per heavy atom. The quantitative estimate of drug-likeness (QED) is 0.743. The number of nitrogen functional groups attached to an aromatic ring is 1. The molecule has 0 unspecified atom stereocenters. The molecule has 1 aliphatic rings. The van der Waals surface area contributed by atoms with Gasteiger partial charge in [-0.15, -0.1) is 11.3 Å². The second-order valence-electron chi connectivity index (χ2n) is 4.00. The van der Waals surface area contributed by atoms with Crippen molar-refractivity contribution in [3.8, 4) is 0 Å². The van der Waals surface area contributed by atoms with E-state index >= 15 is 0 Å². The Morgan fingerprint density at radius 2 is 2.47 bits per heavy atom. The Balaban J connectivity index is 1.66. The predicted molar refractivity (Wildman–Crippen MR) is 68.0 cm³/mol. The van der Waals surface area contributed by atoms with Gasteiger partial charge in [0.2, 0.25) is 0 Å². The molecule has 7 heteroatoms. The molecular formula is C10H14N6S. The van der Waals surface area contributed by atoms with Crippen molar-refractivity contribution in [3.63, 3.8) is 0 Å². The van der Waals surface area contributed by atoms with Crippen LogP contribution in [0.2, 0.25) is 0 Å². The topological polar surface area (TPSA) is 80.8 Å². The number of anilines is 2. The number of thiazole rings is 1. The summed E-state index contributed by atoms with van der Waals surface area (Å²) in [6.07, 6.45) is 1.82. The summed E-state index contributed by atoms with van der Waals surface area (Å²) in [6, 6.07) is 2.45. The fraction of sp³-hybridized carbons (Fsp3) is 0.400. The Bertz CT molecular complexity index is 500. The molecule has 6 nitrogen and oxygen atoms in total. The van der Waals surface area contributed by atoms with Gasteiger partial charge in [-0.1, -0.05) is 0 Å². The van der Waals surface area contributed by atoms with Gasteiger partial charge in [0.15, 0.2) is 5.13 Å². The number of nitrogens with zero attached hydrogens (tertiary/aromatic N) is 3. The van der Waals surface area contributed by atoms with Crippen LogP contribution in [0, 0.1) is 0 Å². The Kier molecular flexibility index (Phi) is 2.69. The van der Waals surface area contributed by atoms with E-state index in [4.69, 9.17) is 5.73 Å². The van der Waals surface area contributed by atoms with E-state index in [0.29, 0.717) is 17.7 Å². The lowest BCUT2D eigenvalue weighted by Crippen LogP contribution is -2.44. The molecule has 4 N–H and O–H groups in total. The molecule has 0 aromatic carbocycles. The van der Waals surface area contributed by atoms with Crippen LogP contribution in [0.3, 0.4) is 0 Å². The van der Waals surface area contributed by atoms with Crippen molar-refractivity contribution in [2.24, 2.45) is 0 Å². The van der Waals surface area contributed by atoms with E-state index in [1.54, 1.807) is 0 Å². The largest absolute Gasteiger partial charge is 0.375 e. The molecule has 1 aliphatic heterocycles. The molecule has 2 aromatic heterocycles. The minimum Gasteiger partial charge on any atom is -0.375 e. The molecule has 0 bridgehead atoms. The first kappa shape index (κ1) is 10.5. The lowest BCUT2D eigenvalue weighted by molar-refractivity contribution is 0.321. The number of nitrogens with two attached hydrogens (primary N) is 1. The Morgan fingerprint density at radius 1 is 1.59 bits per heavy atom. The van der Waals surface area contributed by atoms with E-state index in [1.165, 1.54) is 11.3 Å². The molecule has 0 saturated carbocycles. The van der Waals surface area contributed by atoms with E-state index in [2.05, 4.69) is 20.7 Å². The maximum atomic E-state index is 5.59. The second-order valence-corrected chi connectivity index (χ2v) is 4.89. The lowest BCUT2D eigenvalue weighted by Gasteiger charge is -2.28. The first-order chi connectivity index (χ1) is 8.33. The molecular weight excluding hydrogens is 236 g/mol. The third-order valence-corrected chi connectivity index (χ3v) is 3.52. The summed E-state index contributed by atoms with van der Waals surface area (Å²) in [5.41, 5.74) is 6.55. The van der Waals surface area contributed by atoms with Crippen molar-refractivity contribution in [2.45, 2.75) is 12.6 Å². The summed E-state index contributed by atoms with van der Waals surface area (Å²) < 4.78 is 2.02. The van der Waals surface area contributed by atoms with Gasteiger partial charge in [0.25, 0.3) is 0 Å². The first-order valence-electron chi connectivity index (χ1n) is 5.51. The van der Waals surface area contributed by atoms with Gasteiger partial charge >= 0.3 is 0 Å². The monoisotopic (exact) mass is 250 g/mol. The van der Waals surface area contributed by atoms with E-state index in [0.717, 1.165) is 24.6 Å². The molecule has 0 atom stereocenters. The number of hydrogen-bond acceptors (Lipinski definition) is 6. The third kappa shape index (κ3) is 2.11. The van der Waals surface area contributed by atoms with Gasteiger partial charge in [-0.2, -0.15) is 5.10 Å². The highest BCUT2D eigenvalue weighted by Crippen LogP contribution is 2.18. The summed E-state index contributed by atoms with van der Waals surface area (Å²) in [4.78, 5) is 4.21. The molecule has 1 fully saturated rings. The lowest BCUT2D eigenvalue weighted by atomic mass is 10.2. The highest BCUT2D eigenvalue weighted by Gasteiger charge is 2.21. The molecule has 0 radical (unpaired) electrons. The molecule has 3 heterocycles. The predicted octanol–water partition coefficient (Wildman–Crippen LogP) is 0.678. The third-order valence-electron chi connectivity index (χ3n) is 2.80. The van der Waals surface area contributed by atoms with Gasteiger partial charge in [0.1, 0.15) is 5.82 Å². The summed E-state index contributed by atoms with van der Waals surface area (Å²) in [5.74, 6) is 1.03. The van der Waals surface area contributed by atoms with Crippen molar-refractivity contribution in [3.05, 3.63) is 23.3 Å². The SMILES string of the molecule is Nc1nc(CNc2ccnn2C2CNC2)cs1. The minimum atomic E-state index is 0.466. The average molecular weight is 250 g/mol. The highest BCUT2D eigenvalue weighted by molar-refractivity contribution is 7.13. The van der Waals surface area contributed by atoms with Gasteiger partial charge in [0, 0.05) is 24.5 Å². The van der Waals surface area contributed by atoms with Crippen LogP contribution in [-0.4, -0.2) is 27.9 Å². The summed E-state index contributed by atoms with van der Waals surface area (Å²) >= 11 is 1.46. The maximum Gasteiger partial charge on any atom is 0.180 e. The normalized spacial score (nSPS) is 15.8. The molecule has 2 aromatic rings. The summed E-state index contributed by atoms with van der Waals surface area (Å²) in [5, 5.41) is 13.5. The van der Waals surface area contributed by atoms with Crippen LogP contribution in [0.25, 0.3) is 0 Å². The fourth-order valence-electron chi connectivity index (χ4n) is 1.78. The van der Waals surface area contributed by atoms with Crippen LogP contribution in [0.4, 0.5) is 10.9 Å². The van der Waals surface area contributed by atoms with Gasteiger partial charge in [-0.3, -0.25) is 0 Å². The summed E-state index contributed by atoms with van der Waals surface area (Å²) in [6.45, 7) is 2.65. The fourth-order valence-corrected chi connectivity index (χ4v) is 2.34. The molecule has 3 rings (SSSR count). The number of rotatable bonds is 4. The van der Waals surface area contributed by atoms with Gasteiger partial charge in [-0.05, 0) is 0 Å². The highest BCUT2D eigenvalue weighted by atomic mass is 32.1.